The maximum Gasteiger partial charge on any atom is 0.229 e. The number of benzene rings is 2. The van der Waals surface area contributed by atoms with Gasteiger partial charge in [-0.1, -0.05) is 0 Å². The minimum Gasteiger partial charge on any atom is -0.507 e. The van der Waals surface area contributed by atoms with Crippen LogP contribution < -0.4 is 14.9 Å². The van der Waals surface area contributed by atoms with Gasteiger partial charge in [0.1, 0.15) is 52.6 Å². The molecule has 0 saturated carbocycles. The van der Waals surface area contributed by atoms with Gasteiger partial charge in [0, 0.05) is 23.8 Å². The minimum absolute atomic E-state index is 0.0626. The number of ether oxygens (including phenoxy) is 3. The van der Waals surface area contributed by atoms with E-state index in [2.05, 4.69) is 0 Å². The zero-order chi connectivity index (χ0) is 23.9. The molecule has 176 valence electrons. The van der Waals surface area contributed by atoms with Gasteiger partial charge >= 0.3 is 0 Å². The molecular weight excluding hydrogens is 440 g/mol. The Morgan fingerprint density at radius 3 is 2.39 bits per heavy atom. The first kappa shape index (κ1) is 22.8. The summed E-state index contributed by atoms with van der Waals surface area (Å²) in [5.74, 6) is -0.392. The van der Waals surface area contributed by atoms with Crippen molar-refractivity contribution in [3.63, 3.8) is 0 Å². The van der Waals surface area contributed by atoms with Gasteiger partial charge in [-0.2, -0.15) is 0 Å². The Kier molecular flexibility index (Phi) is 6.15. The largest absolute Gasteiger partial charge is 0.507 e. The fraction of sp³-hybridized carbons (Fsp3) is 0.318. The van der Waals surface area contributed by atoms with Crippen LogP contribution in [-0.2, 0) is 4.74 Å². The number of aliphatic hydroxyl groups excluding tert-OH is 4. The Hall–Kier alpha value is -3.35. The van der Waals surface area contributed by atoms with Gasteiger partial charge in [0.15, 0.2) is 16.9 Å². The molecule has 5 atom stereocenters. The molecule has 11 nitrogen and oxygen atoms in total. The smallest absolute Gasteiger partial charge is 0.229 e. The number of aliphatic hydroxyl groups is 4. The lowest BCUT2D eigenvalue weighted by atomic mass is 9.99. The number of phenols is 2. The monoisotopic (exact) mass is 462 g/mol. The molecule has 1 fully saturated rings. The summed E-state index contributed by atoms with van der Waals surface area (Å²) in [6.07, 6.45) is -7.56. The highest BCUT2D eigenvalue weighted by Crippen LogP contribution is 2.35. The van der Waals surface area contributed by atoms with Crippen molar-refractivity contribution < 1.29 is 49.3 Å². The Morgan fingerprint density at radius 2 is 1.73 bits per heavy atom. The molecule has 2 heterocycles. The van der Waals surface area contributed by atoms with Crippen LogP contribution in [-0.4, -0.2) is 75.1 Å². The predicted molar refractivity (Wildman–Crippen MR) is 112 cm³/mol. The summed E-state index contributed by atoms with van der Waals surface area (Å²) >= 11 is 0. The third-order valence-corrected chi connectivity index (χ3v) is 5.35. The number of hydrogen-bond acceptors (Lipinski definition) is 11. The van der Waals surface area contributed by atoms with E-state index in [9.17, 15) is 35.4 Å². The molecule has 2 aromatic carbocycles. The zero-order valence-electron chi connectivity index (χ0n) is 17.3. The fourth-order valence-corrected chi connectivity index (χ4v) is 3.60. The Morgan fingerprint density at radius 1 is 0.970 bits per heavy atom. The van der Waals surface area contributed by atoms with Gasteiger partial charge in [-0.3, -0.25) is 4.79 Å². The highest BCUT2D eigenvalue weighted by Gasteiger charge is 2.44. The van der Waals surface area contributed by atoms with E-state index < -0.39 is 48.5 Å². The van der Waals surface area contributed by atoms with Crippen LogP contribution in [0.2, 0.25) is 0 Å². The van der Waals surface area contributed by atoms with E-state index in [0.717, 1.165) is 12.1 Å². The molecule has 11 heteroatoms. The molecular formula is C22H22O11. The molecule has 1 aliphatic rings. The van der Waals surface area contributed by atoms with Crippen molar-refractivity contribution in [1.82, 2.24) is 0 Å². The average Bonchev–Trinajstić information content (AvgIpc) is 2.78. The second kappa shape index (κ2) is 8.89. The fourth-order valence-electron chi connectivity index (χ4n) is 3.60. The molecule has 0 radical (unpaired) electrons. The van der Waals surface area contributed by atoms with Crippen LogP contribution in [0.15, 0.2) is 45.6 Å². The van der Waals surface area contributed by atoms with Crippen molar-refractivity contribution >= 4 is 11.0 Å². The highest BCUT2D eigenvalue weighted by atomic mass is 16.7. The van der Waals surface area contributed by atoms with E-state index in [1.54, 1.807) is 6.07 Å². The predicted octanol–water partition coefficient (Wildman–Crippen LogP) is 0.0585. The summed E-state index contributed by atoms with van der Waals surface area (Å²) in [6.45, 7) is -0.638. The van der Waals surface area contributed by atoms with Crippen LogP contribution in [0.5, 0.6) is 23.0 Å². The van der Waals surface area contributed by atoms with Gasteiger partial charge in [-0.25, -0.2) is 0 Å². The van der Waals surface area contributed by atoms with Crippen LogP contribution in [0.3, 0.4) is 0 Å². The Labute approximate surface area is 186 Å². The molecule has 6 N–H and O–H groups in total. The maximum absolute atomic E-state index is 12.6. The summed E-state index contributed by atoms with van der Waals surface area (Å²) in [6, 6.07) is 7.92. The summed E-state index contributed by atoms with van der Waals surface area (Å²) in [7, 11) is 1.39. The average molecular weight is 462 g/mol. The van der Waals surface area contributed by atoms with Crippen molar-refractivity contribution in [1.29, 1.82) is 0 Å². The molecule has 0 aliphatic carbocycles. The van der Waals surface area contributed by atoms with Gasteiger partial charge in [0.25, 0.3) is 0 Å². The van der Waals surface area contributed by atoms with E-state index in [-0.39, 0.29) is 34.0 Å². The third kappa shape index (κ3) is 4.19. The molecule has 3 aromatic rings. The van der Waals surface area contributed by atoms with E-state index in [1.807, 2.05) is 0 Å². The van der Waals surface area contributed by atoms with Crippen LogP contribution in [0.1, 0.15) is 0 Å². The first-order chi connectivity index (χ1) is 15.7. The lowest BCUT2D eigenvalue weighted by Gasteiger charge is -2.39. The van der Waals surface area contributed by atoms with E-state index in [0.29, 0.717) is 5.56 Å². The topological polar surface area (TPSA) is 179 Å². The van der Waals surface area contributed by atoms with E-state index >= 15 is 0 Å². The second-order valence-corrected chi connectivity index (χ2v) is 7.49. The van der Waals surface area contributed by atoms with Crippen LogP contribution in [0.25, 0.3) is 22.3 Å². The van der Waals surface area contributed by atoms with Crippen LogP contribution in [0.4, 0.5) is 0 Å². The molecule has 1 aromatic heterocycles. The molecule has 0 bridgehead atoms. The quantitative estimate of drug-likeness (QED) is 0.302. The lowest BCUT2D eigenvalue weighted by molar-refractivity contribution is -0.277. The number of aromatic hydroxyl groups is 2. The van der Waals surface area contributed by atoms with Gasteiger partial charge in [-0.15, -0.1) is 0 Å². The lowest BCUT2D eigenvalue weighted by Crippen LogP contribution is -2.60. The third-order valence-electron chi connectivity index (χ3n) is 5.35. The Bertz CT molecular complexity index is 1220. The molecule has 1 saturated heterocycles. The van der Waals surface area contributed by atoms with Crippen LogP contribution in [0, 0.1) is 0 Å². The molecule has 4 rings (SSSR count). The first-order valence-corrected chi connectivity index (χ1v) is 9.89. The van der Waals surface area contributed by atoms with Gasteiger partial charge in [-0.05, 0) is 18.2 Å². The van der Waals surface area contributed by atoms with Gasteiger partial charge in [0.05, 0.1) is 13.7 Å². The van der Waals surface area contributed by atoms with Crippen molar-refractivity contribution in [3.8, 4) is 34.3 Å². The number of rotatable bonds is 5. The molecule has 0 spiro atoms. The molecule has 0 amide bonds. The number of methoxy groups -OCH3 is 1. The van der Waals surface area contributed by atoms with Crippen LogP contribution >= 0.6 is 0 Å². The highest BCUT2D eigenvalue weighted by molar-refractivity contribution is 5.86. The van der Waals surface area contributed by atoms with Crippen molar-refractivity contribution in [3.05, 3.63) is 46.6 Å². The summed E-state index contributed by atoms with van der Waals surface area (Å²) in [4.78, 5) is 12.6. The van der Waals surface area contributed by atoms with Gasteiger partial charge < -0.3 is 49.3 Å². The zero-order valence-corrected chi connectivity index (χ0v) is 17.3. The first-order valence-electron chi connectivity index (χ1n) is 9.89. The maximum atomic E-state index is 12.6. The van der Waals surface area contributed by atoms with Crippen molar-refractivity contribution in [2.75, 3.05) is 13.7 Å². The van der Waals surface area contributed by atoms with Gasteiger partial charge in [0.2, 0.25) is 6.29 Å². The summed E-state index contributed by atoms with van der Waals surface area (Å²) < 4.78 is 21.6. The van der Waals surface area contributed by atoms with Crippen molar-refractivity contribution in [2.24, 2.45) is 0 Å². The number of fused-ring (bicyclic) bond motifs is 1. The molecule has 3 unspecified atom stereocenters. The Balaban J connectivity index is 1.71. The number of hydrogen-bond donors (Lipinski definition) is 6. The summed E-state index contributed by atoms with van der Waals surface area (Å²) in [5.41, 5.74) is -0.252. The number of phenolic OH excluding ortho intramolecular Hbond substituents is 2. The normalized spacial score (nSPS) is 25.2. The summed E-state index contributed by atoms with van der Waals surface area (Å²) in [5, 5.41) is 59.5. The SMILES string of the molecule is COc1ccc(-c2cc(=O)c3c(O)cc(O[C@@H]4OC(CO)[C@@H](O)C(O)C4O)cc3o2)cc1O. The standard InChI is InChI=1S/C22H22O11/c1-30-14-3-2-9(4-11(14)24)15-7-13(26)18-12(25)5-10(6-16(18)32-15)31-22-21(29)20(28)19(27)17(8-23)33-22/h2-7,17,19-25,27-29H,8H2,1H3/t17?,19-,20?,21?,22-/m1/s1. The van der Waals surface area contributed by atoms with E-state index in [4.69, 9.17) is 18.6 Å². The van der Waals surface area contributed by atoms with E-state index in [1.165, 1.54) is 25.3 Å². The minimum atomic E-state index is -1.67. The second-order valence-electron chi connectivity index (χ2n) is 7.49. The molecule has 33 heavy (non-hydrogen) atoms. The van der Waals surface area contributed by atoms with Crippen molar-refractivity contribution in [2.45, 2.75) is 30.7 Å². The molecule has 1 aliphatic heterocycles.